The second-order valence-corrected chi connectivity index (χ2v) is 1.70. The maximum atomic E-state index is 10.1. The summed E-state index contributed by atoms with van der Waals surface area (Å²) in [5.74, 6) is -0.982. The maximum Gasteiger partial charge on any atom is 0.330 e. The van der Waals surface area contributed by atoms with Crippen molar-refractivity contribution in [1.82, 2.24) is 0 Å². The van der Waals surface area contributed by atoms with E-state index in [1.165, 1.54) is 0 Å². The molecular weight excluding hydrogens is 197 g/mol. The van der Waals surface area contributed by atoms with Crippen LogP contribution in [0, 0.1) is 0 Å². The summed E-state index contributed by atoms with van der Waals surface area (Å²) in [6.07, 6.45) is 2.11. The molecule has 14 heavy (non-hydrogen) atoms. The van der Waals surface area contributed by atoms with Crippen LogP contribution in [0.2, 0.25) is 0 Å². The first-order valence-corrected chi connectivity index (χ1v) is 3.40. The number of amides is 1. The fourth-order valence-electron chi connectivity index (χ4n) is 0.205. The molecule has 0 fully saturated rings. The number of ether oxygens (including phenoxy) is 1. The smallest absolute Gasteiger partial charge is 0.330 e. The minimum atomic E-state index is -0.501. The van der Waals surface area contributed by atoms with E-state index < -0.39 is 11.9 Å². The van der Waals surface area contributed by atoms with Crippen molar-refractivity contribution in [1.29, 1.82) is 0 Å². The zero-order chi connectivity index (χ0) is 10.7. The van der Waals surface area contributed by atoms with Gasteiger partial charge in [0, 0.05) is 35.6 Å². The summed E-state index contributed by atoms with van der Waals surface area (Å²) in [4.78, 5) is 19.6. The Morgan fingerprint density at radius 1 is 1.36 bits per heavy atom. The van der Waals surface area contributed by atoms with Crippen molar-refractivity contribution in [3.63, 3.8) is 0 Å². The summed E-state index contributed by atoms with van der Waals surface area (Å²) >= 11 is 0. The molecule has 1 amide bonds. The van der Waals surface area contributed by atoms with Crippen molar-refractivity contribution in [2.45, 2.75) is 0 Å². The van der Waals surface area contributed by atoms with E-state index in [9.17, 15) is 9.59 Å². The number of hydrogen-bond acceptors (Lipinski definition) is 4. The number of nitrogens with two attached hydrogens (primary N) is 1. The number of primary amides is 1. The standard InChI is InChI=1S/C5H8O3.C3H5NO.Na/c1-2-5(7)8-4-3-6;1-2-3(4)5;/h2,6H,1,3-4H2;2H,1H2,(H2,4,5);. The summed E-state index contributed by atoms with van der Waals surface area (Å²) in [6.45, 7) is 6.15. The van der Waals surface area contributed by atoms with Crippen LogP contribution >= 0.6 is 0 Å². The SMILES string of the molecule is C=CC(=O)OCCO.C=CC(N)=O.[Na]. The molecule has 0 saturated heterocycles. The summed E-state index contributed by atoms with van der Waals surface area (Å²) in [7, 11) is 0. The molecule has 0 aliphatic rings. The minimum absolute atomic E-state index is 0. The summed E-state index contributed by atoms with van der Waals surface area (Å²) in [5, 5.41) is 8.10. The molecule has 0 unspecified atom stereocenters. The van der Waals surface area contributed by atoms with Crippen LogP contribution < -0.4 is 5.73 Å². The van der Waals surface area contributed by atoms with Crippen molar-refractivity contribution in [2.24, 2.45) is 5.73 Å². The van der Waals surface area contributed by atoms with Crippen LogP contribution in [0.5, 0.6) is 0 Å². The monoisotopic (exact) mass is 210 g/mol. The number of esters is 1. The van der Waals surface area contributed by atoms with Gasteiger partial charge < -0.3 is 15.6 Å². The van der Waals surface area contributed by atoms with Crippen molar-refractivity contribution in [3.8, 4) is 0 Å². The van der Waals surface area contributed by atoms with Crippen molar-refractivity contribution in [2.75, 3.05) is 13.2 Å². The molecule has 1 radical (unpaired) electrons. The van der Waals surface area contributed by atoms with E-state index in [1.807, 2.05) is 0 Å². The number of carbonyl (C=O) groups is 2. The Morgan fingerprint density at radius 2 is 1.79 bits per heavy atom. The molecule has 3 N–H and O–H groups in total. The zero-order valence-electron chi connectivity index (χ0n) is 8.23. The second kappa shape index (κ2) is 14.9. The van der Waals surface area contributed by atoms with E-state index in [1.54, 1.807) is 0 Å². The summed E-state index contributed by atoms with van der Waals surface area (Å²) in [6, 6.07) is 0. The van der Waals surface area contributed by atoms with E-state index in [2.05, 4.69) is 23.6 Å². The third-order valence-electron chi connectivity index (χ3n) is 0.703. The first kappa shape index (κ1) is 19.0. The first-order valence-electron chi connectivity index (χ1n) is 3.40. The predicted molar refractivity (Wildman–Crippen MR) is 53.4 cm³/mol. The van der Waals surface area contributed by atoms with Gasteiger partial charge in [-0.2, -0.15) is 0 Å². The Labute approximate surface area is 105 Å². The van der Waals surface area contributed by atoms with E-state index in [4.69, 9.17) is 5.11 Å². The summed E-state index contributed by atoms with van der Waals surface area (Å²) in [5.41, 5.74) is 4.53. The van der Waals surface area contributed by atoms with Crippen molar-refractivity contribution >= 4 is 41.4 Å². The predicted octanol–water partition coefficient (Wildman–Crippen LogP) is -1.02. The molecule has 75 valence electrons. The van der Waals surface area contributed by atoms with Gasteiger partial charge in [0.05, 0.1) is 6.61 Å². The fourth-order valence-corrected chi connectivity index (χ4v) is 0.205. The molecule has 0 atom stereocenters. The van der Waals surface area contributed by atoms with Gasteiger partial charge in [-0.1, -0.05) is 13.2 Å². The van der Waals surface area contributed by atoms with Gasteiger partial charge in [-0.25, -0.2) is 4.79 Å². The number of rotatable bonds is 4. The van der Waals surface area contributed by atoms with Crippen LogP contribution in [0.1, 0.15) is 0 Å². The Bertz CT molecular complexity index is 194. The van der Waals surface area contributed by atoms with Crippen LogP contribution in [0.25, 0.3) is 0 Å². The quantitative estimate of drug-likeness (QED) is 0.353. The minimum Gasteiger partial charge on any atom is -0.460 e. The fraction of sp³-hybridized carbons (Fsp3) is 0.250. The van der Waals surface area contributed by atoms with Gasteiger partial charge in [-0.05, 0) is 6.08 Å². The van der Waals surface area contributed by atoms with E-state index >= 15 is 0 Å². The Balaban J connectivity index is -0.000000177. The van der Waals surface area contributed by atoms with Gasteiger partial charge in [0.25, 0.3) is 0 Å². The first-order chi connectivity index (χ1) is 6.08. The third kappa shape index (κ3) is 22.5. The molecule has 0 bridgehead atoms. The van der Waals surface area contributed by atoms with Gasteiger partial charge in [-0.15, -0.1) is 0 Å². The Hall–Kier alpha value is -0.620. The molecule has 0 saturated carbocycles. The van der Waals surface area contributed by atoms with Crippen LogP contribution in [0.15, 0.2) is 25.3 Å². The molecule has 6 heteroatoms. The molecule has 0 aromatic carbocycles. The molecular formula is C8H13NNaO4. The third-order valence-corrected chi connectivity index (χ3v) is 0.703. The van der Waals surface area contributed by atoms with Gasteiger partial charge in [-0.3, -0.25) is 4.79 Å². The van der Waals surface area contributed by atoms with Gasteiger partial charge >= 0.3 is 5.97 Å². The number of aliphatic hydroxyl groups excluding tert-OH is 1. The number of aliphatic hydroxyl groups is 1. The van der Waals surface area contributed by atoms with E-state index in [-0.39, 0.29) is 42.8 Å². The molecule has 0 heterocycles. The topological polar surface area (TPSA) is 89.6 Å². The second-order valence-electron chi connectivity index (χ2n) is 1.70. The van der Waals surface area contributed by atoms with E-state index in [0.29, 0.717) is 0 Å². The summed E-state index contributed by atoms with van der Waals surface area (Å²) < 4.78 is 4.33. The molecule has 0 aliphatic carbocycles. The maximum absolute atomic E-state index is 10.1. The molecule has 5 nitrogen and oxygen atoms in total. The Kier molecular flexibility index (Phi) is 20.2. The van der Waals surface area contributed by atoms with Crippen LogP contribution in [0.3, 0.4) is 0 Å². The van der Waals surface area contributed by atoms with Crippen molar-refractivity contribution < 1.29 is 19.4 Å². The van der Waals surface area contributed by atoms with Crippen LogP contribution in [-0.4, -0.2) is 59.8 Å². The van der Waals surface area contributed by atoms with Crippen molar-refractivity contribution in [3.05, 3.63) is 25.3 Å². The van der Waals surface area contributed by atoms with Gasteiger partial charge in [0.1, 0.15) is 6.61 Å². The number of hydrogen-bond donors (Lipinski definition) is 2. The normalized spacial score (nSPS) is 6.93. The largest absolute Gasteiger partial charge is 0.460 e. The van der Waals surface area contributed by atoms with Gasteiger partial charge in [0.15, 0.2) is 0 Å². The van der Waals surface area contributed by atoms with Crippen LogP contribution in [-0.2, 0) is 14.3 Å². The number of carbonyl (C=O) groups excluding carboxylic acids is 2. The average molecular weight is 210 g/mol. The average Bonchev–Trinajstić information content (AvgIpc) is 2.15. The zero-order valence-corrected chi connectivity index (χ0v) is 10.2. The molecule has 0 aromatic rings. The Morgan fingerprint density at radius 3 is 2.00 bits per heavy atom. The van der Waals surface area contributed by atoms with Gasteiger partial charge in [0.2, 0.25) is 5.91 Å². The van der Waals surface area contributed by atoms with E-state index in [0.717, 1.165) is 12.2 Å². The molecule has 0 aliphatic heterocycles. The molecule has 0 spiro atoms. The van der Waals surface area contributed by atoms with Crippen LogP contribution in [0.4, 0.5) is 0 Å². The molecule has 0 aromatic heterocycles. The molecule has 0 rings (SSSR count).